The maximum atomic E-state index is 12.9. The van der Waals surface area contributed by atoms with Crippen LogP contribution in [0.2, 0.25) is 0 Å². The van der Waals surface area contributed by atoms with Crippen molar-refractivity contribution < 1.29 is 4.79 Å². The van der Waals surface area contributed by atoms with Crippen molar-refractivity contribution in [3.05, 3.63) is 89.1 Å². The van der Waals surface area contributed by atoms with E-state index in [0.29, 0.717) is 0 Å². The van der Waals surface area contributed by atoms with Gasteiger partial charge in [-0.15, -0.1) is 0 Å². The number of fused-ring (bicyclic) bond motifs is 3. The van der Waals surface area contributed by atoms with Crippen molar-refractivity contribution in [2.75, 3.05) is 0 Å². The minimum atomic E-state index is -0.571. The second-order valence-electron chi connectivity index (χ2n) is 8.37. The molecule has 0 fully saturated rings. The predicted molar refractivity (Wildman–Crippen MR) is 116 cm³/mol. The quantitative estimate of drug-likeness (QED) is 0.639. The van der Waals surface area contributed by atoms with Gasteiger partial charge in [0, 0.05) is 24.1 Å². The second-order valence-corrected chi connectivity index (χ2v) is 8.37. The van der Waals surface area contributed by atoms with Crippen LogP contribution in [0.3, 0.4) is 0 Å². The molecule has 1 heterocycles. The number of benzene rings is 2. The molecule has 0 saturated heterocycles. The fraction of sp³-hybridized carbons (Fsp3) is 0.269. The summed E-state index contributed by atoms with van der Waals surface area (Å²) in [6, 6.07) is 22.8. The lowest BCUT2D eigenvalue weighted by Crippen LogP contribution is -2.48. The lowest BCUT2D eigenvalue weighted by molar-refractivity contribution is -0.121. The van der Waals surface area contributed by atoms with Gasteiger partial charge in [0.2, 0.25) is 0 Å². The van der Waals surface area contributed by atoms with Gasteiger partial charge in [-0.1, -0.05) is 67.6 Å². The van der Waals surface area contributed by atoms with Crippen LogP contribution < -0.4 is 0 Å². The summed E-state index contributed by atoms with van der Waals surface area (Å²) >= 11 is 0. The molecule has 3 atom stereocenters. The van der Waals surface area contributed by atoms with Crippen LogP contribution in [0.5, 0.6) is 0 Å². The minimum absolute atomic E-state index is 0.0447. The average molecular weight is 393 g/mol. The Bertz CT molecular complexity index is 1200. The van der Waals surface area contributed by atoms with E-state index >= 15 is 0 Å². The first-order valence-electron chi connectivity index (χ1n) is 10.4. The summed E-state index contributed by atoms with van der Waals surface area (Å²) in [5.74, 6) is -0.188. The molecule has 2 aliphatic carbocycles. The van der Waals surface area contributed by atoms with Crippen LogP contribution in [0.1, 0.15) is 30.2 Å². The number of nitrogens with zero attached hydrogens (tertiary/aromatic N) is 3. The Kier molecular flexibility index (Phi) is 4.22. The van der Waals surface area contributed by atoms with Gasteiger partial charge in [0.05, 0.1) is 22.4 Å². The van der Waals surface area contributed by atoms with Crippen LogP contribution >= 0.6 is 0 Å². The Morgan fingerprint density at radius 2 is 1.77 bits per heavy atom. The van der Waals surface area contributed by atoms with Gasteiger partial charge in [-0.25, -0.2) is 0 Å². The summed E-state index contributed by atoms with van der Waals surface area (Å²) in [6.07, 6.45) is 3.67. The minimum Gasteiger partial charge on any atom is -0.293 e. The van der Waals surface area contributed by atoms with Gasteiger partial charge in [0.25, 0.3) is 0 Å². The van der Waals surface area contributed by atoms with E-state index in [9.17, 15) is 10.1 Å². The summed E-state index contributed by atoms with van der Waals surface area (Å²) < 4.78 is 1.97. The fourth-order valence-corrected chi connectivity index (χ4v) is 5.58. The molecule has 148 valence electrons. The summed E-state index contributed by atoms with van der Waals surface area (Å²) in [5.41, 5.74) is 5.24. The Morgan fingerprint density at radius 3 is 2.43 bits per heavy atom. The van der Waals surface area contributed by atoms with Crippen molar-refractivity contribution >= 4 is 5.78 Å². The highest BCUT2D eigenvalue weighted by molar-refractivity contribution is 6.02. The number of ketones is 1. The number of hydrogen-bond donors (Lipinski definition) is 0. The molecule has 0 saturated carbocycles. The smallest absolute Gasteiger partial charge is 0.176 e. The van der Waals surface area contributed by atoms with E-state index in [1.807, 2.05) is 61.1 Å². The molecule has 0 spiro atoms. The first-order chi connectivity index (χ1) is 14.6. The number of aromatic nitrogens is 2. The zero-order chi connectivity index (χ0) is 20.9. The predicted octanol–water partition coefficient (Wildman–Crippen LogP) is 4.60. The molecule has 30 heavy (non-hydrogen) atoms. The number of aryl methyl sites for hydroxylation is 1. The Hall–Kier alpha value is -3.45. The van der Waals surface area contributed by atoms with Crippen molar-refractivity contribution in [3.8, 4) is 17.3 Å². The summed E-state index contributed by atoms with van der Waals surface area (Å²) in [4.78, 5) is 12.9. The van der Waals surface area contributed by atoms with Gasteiger partial charge in [-0.2, -0.15) is 10.4 Å². The maximum absolute atomic E-state index is 12.9. The number of carbonyl (C=O) groups is 1. The Morgan fingerprint density at radius 1 is 1.10 bits per heavy atom. The lowest BCUT2D eigenvalue weighted by Gasteiger charge is -2.47. The molecule has 2 unspecified atom stereocenters. The monoisotopic (exact) mass is 393 g/mol. The van der Waals surface area contributed by atoms with Gasteiger partial charge in [-0.05, 0) is 30.4 Å². The van der Waals surface area contributed by atoms with Crippen LogP contribution in [0.25, 0.3) is 11.3 Å². The SMILES string of the molecule is CC1C(=O)C(C#N)=CC2(c3ccccc3)c3nn(C)c(-c4ccccc4)c3CC[C@@H]12. The molecule has 4 nitrogen and oxygen atoms in total. The number of rotatable bonds is 2. The van der Waals surface area contributed by atoms with Crippen molar-refractivity contribution in [3.63, 3.8) is 0 Å². The van der Waals surface area contributed by atoms with Crippen LogP contribution in [-0.2, 0) is 23.7 Å². The van der Waals surface area contributed by atoms with Gasteiger partial charge < -0.3 is 0 Å². The number of carbonyl (C=O) groups excluding carboxylic acids is 1. The molecule has 0 N–H and O–H groups in total. The van der Waals surface area contributed by atoms with E-state index < -0.39 is 5.41 Å². The van der Waals surface area contributed by atoms with Crippen LogP contribution in [0, 0.1) is 23.2 Å². The van der Waals surface area contributed by atoms with Crippen LogP contribution in [0.4, 0.5) is 0 Å². The largest absolute Gasteiger partial charge is 0.293 e. The third kappa shape index (κ3) is 2.45. The molecule has 1 aromatic heterocycles. The summed E-state index contributed by atoms with van der Waals surface area (Å²) in [6.45, 7) is 1.97. The molecule has 5 rings (SSSR count). The zero-order valence-corrected chi connectivity index (χ0v) is 17.2. The lowest BCUT2D eigenvalue weighted by atomic mass is 9.54. The van der Waals surface area contributed by atoms with Gasteiger partial charge in [0.1, 0.15) is 6.07 Å². The summed E-state index contributed by atoms with van der Waals surface area (Å²) in [5, 5.41) is 14.8. The van der Waals surface area contributed by atoms with Crippen LogP contribution in [0.15, 0.2) is 72.3 Å². The number of Topliss-reactive ketones (excluding diaryl/α,β-unsaturated/α-hetero) is 1. The molecular formula is C26H23N3O. The molecule has 0 aliphatic heterocycles. The highest BCUT2D eigenvalue weighted by atomic mass is 16.1. The van der Waals surface area contributed by atoms with Crippen molar-refractivity contribution in [1.82, 2.24) is 9.78 Å². The molecule has 0 radical (unpaired) electrons. The normalized spacial score (nSPS) is 25.1. The van der Waals surface area contributed by atoms with Crippen molar-refractivity contribution in [1.29, 1.82) is 5.26 Å². The molecular weight excluding hydrogens is 370 g/mol. The third-order valence-corrected chi connectivity index (χ3v) is 6.90. The van der Waals surface area contributed by atoms with E-state index in [4.69, 9.17) is 5.10 Å². The zero-order valence-electron chi connectivity index (χ0n) is 17.2. The number of allylic oxidation sites excluding steroid dienone is 2. The standard InChI is InChI=1S/C26H23N3O/c1-17-22-14-13-21-23(18-9-5-3-6-10-18)29(2)28-25(21)26(22,15-19(16-27)24(17)30)20-11-7-4-8-12-20/h3-12,15,17,22H,13-14H2,1-2H3/t17?,22-,26?/m0/s1. The van der Waals surface area contributed by atoms with E-state index in [1.165, 1.54) is 5.56 Å². The second kappa shape index (κ2) is 6.81. The van der Waals surface area contributed by atoms with E-state index in [2.05, 4.69) is 30.3 Å². The fourth-order valence-electron chi connectivity index (χ4n) is 5.58. The summed E-state index contributed by atoms with van der Waals surface area (Å²) in [7, 11) is 1.99. The molecule has 2 aliphatic rings. The molecule has 0 amide bonds. The van der Waals surface area contributed by atoms with Crippen LogP contribution in [-0.4, -0.2) is 15.6 Å². The van der Waals surface area contributed by atoms with E-state index in [0.717, 1.165) is 35.4 Å². The highest BCUT2D eigenvalue weighted by Crippen LogP contribution is 2.54. The van der Waals surface area contributed by atoms with E-state index in [1.54, 1.807) is 0 Å². The van der Waals surface area contributed by atoms with Crippen molar-refractivity contribution in [2.24, 2.45) is 18.9 Å². The Labute approximate surface area is 176 Å². The highest BCUT2D eigenvalue weighted by Gasteiger charge is 2.53. The van der Waals surface area contributed by atoms with Gasteiger partial charge in [-0.3, -0.25) is 9.48 Å². The first kappa shape index (κ1) is 18.6. The molecule has 3 aromatic rings. The maximum Gasteiger partial charge on any atom is 0.176 e. The number of hydrogen-bond acceptors (Lipinski definition) is 3. The topological polar surface area (TPSA) is 58.7 Å². The van der Waals surface area contributed by atoms with Gasteiger partial charge >= 0.3 is 0 Å². The molecule has 4 heteroatoms. The first-order valence-corrected chi connectivity index (χ1v) is 10.4. The van der Waals surface area contributed by atoms with Gasteiger partial charge in [0.15, 0.2) is 5.78 Å². The Balaban J connectivity index is 1.85. The van der Waals surface area contributed by atoms with Crippen molar-refractivity contribution in [2.45, 2.75) is 25.2 Å². The number of nitriles is 1. The average Bonchev–Trinajstić information content (AvgIpc) is 3.13. The molecule has 2 aromatic carbocycles. The third-order valence-electron chi connectivity index (χ3n) is 6.90. The van der Waals surface area contributed by atoms with E-state index in [-0.39, 0.29) is 23.2 Å². The molecule has 0 bridgehead atoms.